The number of hydrogen-bond acceptors (Lipinski definition) is 6. The molecule has 0 saturated carbocycles. The van der Waals surface area contributed by atoms with Gasteiger partial charge in [-0.05, 0) is 36.2 Å². The summed E-state index contributed by atoms with van der Waals surface area (Å²) >= 11 is 1.00. The maximum Gasteiger partial charge on any atom is 0.286 e. The van der Waals surface area contributed by atoms with Crippen molar-refractivity contribution >= 4 is 34.6 Å². The summed E-state index contributed by atoms with van der Waals surface area (Å²) in [6.07, 6.45) is 2.08. The van der Waals surface area contributed by atoms with Crippen LogP contribution in [0.4, 0.5) is 10.6 Å². The van der Waals surface area contributed by atoms with Gasteiger partial charge in [-0.15, -0.1) is 0 Å². The fraction of sp³-hybridized carbons (Fsp3) is 0.222. The number of amides is 3. The van der Waals surface area contributed by atoms with Gasteiger partial charge in [-0.2, -0.15) is 0 Å². The molecular weight excluding hydrogens is 354 g/mol. The van der Waals surface area contributed by atoms with Gasteiger partial charge in [0.2, 0.25) is 5.91 Å². The van der Waals surface area contributed by atoms with Crippen molar-refractivity contribution in [3.63, 3.8) is 0 Å². The lowest BCUT2D eigenvalue weighted by Crippen LogP contribution is -2.31. The molecule has 1 saturated heterocycles. The van der Waals surface area contributed by atoms with Crippen LogP contribution in [-0.2, 0) is 16.0 Å². The van der Waals surface area contributed by atoms with E-state index >= 15 is 0 Å². The van der Waals surface area contributed by atoms with E-state index in [1.165, 1.54) is 4.90 Å². The average Bonchev–Trinajstić information content (AvgIpc) is 2.98. The molecule has 3 rings (SSSR count). The van der Waals surface area contributed by atoms with Gasteiger partial charge in [-0.3, -0.25) is 24.6 Å². The number of aromatic nitrogens is 1. The van der Waals surface area contributed by atoms with Gasteiger partial charge in [0.05, 0.1) is 5.25 Å². The number of rotatable bonds is 6. The van der Waals surface area contributed by atoms with Crippen molar-refractivity contribution in [3.8, 4) is 5.75 Å². The first kappa shape index (κ1) is 17.9. The van der Waals surface area contributed by atoms with Crippen LogP contribution in [0.1, 0.15) is 5.56 Å². The third-order valence-corrected chi connectivity index (χ3v) is 4.82. The fourth-order valence-corrected chi connectivity index (χ4v) is 3.24. The van der Waals surface area contributed by atoms with Crippen LogP contribution < -0.4 is 15.0 Å². The first-order valence-corrected chi connectivity index (χ1v) is 8.81. The number of likely N-dealkylation sites (N-methyl/N-ethyl adjacent to an activating group) is 1. The molecule has 2 heterocycles. The Kier molecular flexibility index (Phi) is 5.52. The van der Waals surface area contributed by atoms with Crippen LogP contribution in [0.2, 0.25) is 0 Å². The molecule has 0 bridgehead atoms. The van der Waals surface area contributed by atoms with E-state index in [0.29, 0.717) is 18.0 Å². The minimum atomic E-state index is -0.400. The second kappa shape index (κ2) is 8.01. The minimum Gasteiger partial charge on any atom is -0.484 e. The van der Waals surface area contributed by atoms with E-state index in [0.717, 1.165) is 17.3 Å². The molecule has 134 valence electrons. The third kappa shape index (κ3) is 4.40. The largest absolute Gasteiger partial charge is 0.484 e. The summed E-state index contributed by atoms with van der Waals surface area (Å²) in [5, 5.41) is 1.56. The van der Waals surface area contributed by atoms with Crippen LogP contribution >= 0.6 is 11.8 Å². The standard InChI is InChI=1S/C18H17N3O4S/c1-21(15-4-2-3-9-19-15)16(22)11-25-13-7-5-12(6-8-13)10-14-17(23)20-18(24)26-14/h2-9,14H,10-11H2,1H3,(H,20,23,24). The van der Waals surface area contributed by atoms with Crippen LogP contribution in [-0.4, -0.2) is 40.9 Å². The molecule has 1 aliphatic heterocycles. The zero-order valence-corrected chi connectivity index (χ0v) is 14.9. The molecule has 2 aromatic rings. The number of carbonyl (C=O) groups excluding carboxylic acids is 3. The molecule has 1 N–H and O–H groups in total. The second-order valence-electron chi connectivity index (χ2n) is 5.66. The van der Waals surface area contributed by atoms with Crippen LogP contribution in [0, 0.1) is 0 Å². The highest BCUT2D eigenvalue weighted by atomic mass is 32.2. The molecule has 1 fully saturated rings. The molecule has 1 aromatic heterocycles. The number of nitrogens with one attached hydrogen (secondary N) is 1. The summed E-state index contributed by atoms with van der Waals surface area (Å²) in [6.45, 7) is -0.109. The molecule has 26 heavy (non-hydrogen) atoms. The van der Waals surface area contributed by atoms with E-state index in [1.54, 1.807) is 37.5 Å². The molecule has 0 radical (unpaired) electrons. The Labute approximate surface area is 154 Å². The van der Waals surface area contributed by atoms with E-state index in [2.05, 4.69) is 10.3 Å². The highest BCUT2D eigenvalue weighted by Crippen LogP contribution is 2.23. The Hall–Kier alpha value is -2.87. The average molecular weight is 371 g/mol. The number of benzene rings is 1. The number of carbonyl (C=O) groups is 3. The quantitative estimate of drug-likeness (QED) is 0.836. The summed E-state index contributed by atoms with van der Waals surface area (Å²) < 4.78 is 5.52. The van der Waals surface area contributed by atoms with Crippen LogP contribution in [0.5, 0.6) is 5.75 Å². The van der Waals surface area contributed by atoms with Crippen LogP contribution in [0.25, 0.3) is 0 Å². The monoisotopic (exact) mass is 371 g/mol. The lowest BCUT2D eigenvalue weighted by molar-refractivity contribution is -0.120. The molecule has 0 spiro atoms. The molecule has 1 unspecified atom stereocenters. The number of ether oxygens (including phenoxy) is 1. The van der Waals surface area contributed by atoms with E-state index in [1.807, 2.05) is 18.2 Å². The number of pyridine rings is 1. The van der Waals surface area contributed by atoms with E-state index in [-0.39, 0.29) is 23.7 Å². The van der Waals surface area contributed by atoms with Crippen LogP contribution in [0.3, 0.4) is 0 Å². The Morgan fingerprint density at radius 2 is 2.00 bits per heavy atom. The van der Waals surface area contributed by atoms with Crippen molar-refractivity contribution in [1.29, 1.82) is 0 Å². The highest BCUT2D eigenvalue weighted by Gasteiger charge is 2.31. The Bertz CT molecular complexity index is 811. The number of anilines is 1. The Morgan fingerprint density at radius 1 is 1.23 bits per heavy atom. The van der Waals surface area contributed by atoms with Crippen molar-refractivity contribution in [1.82, 2.24) is 10.3 Å². The van der Waals surface area contributed by atoms with Gasteiger partial charge in [-0.25, -0.2) is 4.98 Å². The highest BCUT2D eigenvalue weighted by molar-refractivity contribution is 8.15. The first-order chi connectivity index (χ1) is 12.5. The van der Waals surface area contributed by atoms with Gasteiger partial charge in [-0.1, -0.05) is 30.0 Å². The van der Waals surface area contributed by atoms with E-state index < -0.39 is 5.25 Å². The molecule has 8 heteroatoms. The summed E-state index contributed by atoms with van der Waals surface area (Å²) in [5.41, 5.74) is 0.914. The molecule has 0 aliphatic carbocycles. The predicted molar refractivity (Wildman–Crippen MR) is 98.2 cm³/mol. The van der Waals surface area contributed by atoms with Gasteiger partial charge in [0.15, 0.2) is 6.61 Å². The number of hydrogen-bond donors (Lipinski definition) is 1. The zero-order valence-electron chi connectivity index (χ0n) is 14.0. The summed E-state index contributed by atoms with van der Waals surface area (Å²) in [4.78, 5) is 40.5. The zero-order chi connectivity index (χ0) is 18.5. The summed E-state index contributed by atoms with van der Waals surface area (Å²) in [6, 6.07) is 12.4. The molecule has 1 atom stereocenters. The van der Waals surface area contributed by atoms with E-state index in [4.69, 9.17) is 4.74 Å². The Balaban J connectivity index is 1.52. The van der Waals surface area contributed by atoms with Crippen molar-refractivity contribution in [2.24, 2.45) is 0 Å². The van der Waals surface area contributed by atoms with Crippen molar-refractivity contribution < 1.29 is 19.1 Å². The SMILES string of the molecule is CN(C(=O)COc1ccc(CC2SC(=O)NC2=O)cc1)c1ccccn1. The van der Waals surface area contributed by atoms with Crippen molar-refractivity contribution in [3.05, 3.63) is 54.2 Å². The molecule has 7 nitrogen and oxygen atoms in total. The van der Waals surface area contributed by atoms with Crippen molar-refractivity contribution in [2.75, 3.05) is 18.6 Å². The molecule has 1 aliphatic rings. The topological polar surface area (TPSA) is 88.6 Å². The lowest BCUT2D eigenvalue weighted by atomic mass is 10.1. The molecule has 3 amide bonds. The van der Waals surface area contributed by atoms with Gasteiger partial charge < -0.3 is 4.74 Å². The fourth-order valence-electron chi connectivity index (χ4n) is 2.39. The molecule has 1 aromatic carbocycles. The smallest absolute Gasteiger partial charge is 0.286 e. The summed E-state index contributed by atoms with van der Waals surface area (Å²) in [7, 11) is 1.64. The van der Waals surface area contributed by atoms with Gasteiger partial charge in [0.1, 0.15) is 11.6 Å². The lowest BCUT2D eigenvalue weighted by Gasteiger charge is -2.16. The first-order valence-electron chi connectivity index (χ1n) is 7.94. The predicted octanol–water partition coefficient (Wildman–Crippen LogP) is 2.02. The van der Waals surface area contributed by atoms with E-state index in [9.17, 15) is 14.4 Å². The maximum absolute atomic E-state index is 12.2. The molecular formula is C18H17N3O4S. The Morgan fingerprint density at radius 3 is 2.62 bits per heavy atom. The van der Waals surface area contributed by atoms with Crippen LogP contribution in [0.15, 0.2) is 48.7 Å². The van der Waals surface area contributed by atoms with Gasteiger partial charge >= 0.3 is 0 Å². The maximum atomic E-state index is 12.2. The second-order valence-corrected chi connectivity index (χ2v) is 6.84. The number of thioether (sulfide) groups is 1. The number of nitrogens with zero attached hydrogens (tertiary/aromatic N) is 2. The third-order valence-electron chi connectivity index (χ3n) is 3.84. The van der Waals surface area contributed by atoms with Gasteiger partial charge in [0.25, 0.3) is 11.1 Å². The minimum absolute atomic E-state index is 0.109. The van der Waals surface area contributed by atoms with Gasteiger partial charge in [0, 0.05) is 13.2 Å². The van der Waals surface area contributed by atoms with Crippen molar-refractivity contribution in [2.45, 2.75) is 11.7 Å². The number of imide groups is 1. The normalized spacial score (nSPS) is 16.3. The summed E-state index contributed by atoms with van der Waals surface area (Å²) in [5.74, 6) is 0.628.